The zero-order chi connectivity index (χ0) is 8.97. The van der Waals surface area contributed by atoms with E-state index in [0.717, 1.165) is 24.4 Å². The van der Waals surface area contributed by atoms with Crippen LogP contribution in [0.4, 0.5) is 0 Å². The predicted molar refractivity (Wildman–Crippen MR) is 48.6 cm³/mol. The third-order valence-corrected chi connectivity index (χ3v) is 1.65. The molecule has 0 bridgehead atoms. The molecular weight excluding hydrogens is 152 g/mol. The summed E-state index contributed by atoms with van der Waals surface area (Å²) in [7, 11) is 1.68. The molecule has 0 aromatic heterocycles. The Morgan fingerprint density at radius 1 is 1.17 bits per heavy atom. The van der Waals surface area contributed by atoms with Crippen molar-refractivity contribution in [1.82, 2.24) is 0 Å². The summed E-state index contributed by atoms with van der Waals surface area (Å²) in [4.78, 5) is 0. The monoisotopic (exact) mass is 168 g/mol. The molecule has 0 radical (unpaired) electrons. The van der Waals surface area contributed by atoms with E-state index in [2.05, 4.69) is 12.2 Å². The largest absolute Gasteiger partial charge is 0.493 e. The van der Waals surface area contributed by atoms with E-state index in [1.165, 1.54) is 0 Å². The van der Waals surface area contributed by atoms with Crippen molar-refractivity contribution in [1.29, 1.82) is 0 Å². The molecule has 68 valence electrons. The Kier molecular flexibility index (Phi) is 3.20. The summed E-state index contributed by atoms with van der Waals surface area (Å²) < 4.78 is 10.7. The summed E-state index contributed by atoms with van der Waals surface area (Å²) in [6.45, 7) is 4.03. The Balaban J connectivity index is 2.61. The number of ether oxygens (including phenoxy) is 2. The fourth-order valence-electron chi connectivity index (χ4n) is 1.17. The molecule has 0 aromatic rings. The molecular formula is C10H16O2. The van der Waals surface area contributed by atoms with Gasteiger partial charge in [-0.25, -0.2) is 0 Å². The van der Waals surface area contributed by atoms with Crippen molar-refractivity contribution in [2.45, 2.75) is 32.8 Å². The smallest absolute Gasteiger partial charge is 0.157 e. The molecule has 0 heterocycles. The lowest BCUT2D eigenvalue weighted by Crippen LogP contribution is -2.07. The predicted octanol–water partition coefficient (Wildman–Crippen LogP) is 2.62. The van der Waals surface area contributed by atoms with Crippen molar-refractivity contribution in [3.05, 3.63) is 23.7 Å². The molecule has 1 aliphatic rings. The van der Waals surface area contributed by atoms with Gasteiger partial charge in [0.1, 0.15) is 0 Å². The number of hydrogen-bond donors (Lipinski definition) is 0. The van der Waals surface area contributed by atoms with Crippen LogP contribution in [0, 0.1) is 0 Å². The third-order valence-electron chi connectivity index (χ3n) is 1.65. The fraction of sp³-hybridized carbons (Fsp3) is 0.600. The first-order valence-electron chi connectivity index (χ1n) is 4.35. The average molecular weight is 168 g/mol. The summed E-state index contributed by atoms with van der Waals surface area (Å²) in [5, 5.41) is 0. The molecule has 2 heteroatoms. The minimum Gasteiger partial charge on any atom is -0.493 e. The highest BCUT2D eigenvalue weighted by Crippen LogP contribution is 2.21. The second kappa shape index (κ2) is 4.19. The van der Waals surface area contributed by atoms with Crippen LogP contribution >= 0.6 is 0 Å². The molecule has 1 rings (SSSR count). The Bertz CT molecular complexity index is 202. The molecule has 0 amide bonds. The van der Waals surface area contributed by atoms with Gasteiger partial charge in [0.15, 0.2) is 11.5 Å². The van der Waals surface area contributed by atoms with Crippen LogP contribution in [0.1, 0.15) is 26.7 Å². The van der Waals surface area contributed by atoms with Gasteiger partial charge in [-0.3, -0.25) is 0 Å². The normalized spacial score (nSPS) is 17.0. The minimum absolute atomic E-state index is 0.216. The van der Waals surface area contributed by atoms with E-state index >= 15 is 0 Å². The van der Waals surface area contributed by atoms with Crippen molar-refractivity contribution in [3.8, 4) is 0 Å². The van der Waals surface area contributed by atoms with Crippen LogP contribution in [0.15, 0.2) is 23.7 Å². The lowest BCUT2D eigenvalue weighted by atomic mass is 10.1. The highest BCUT2D eigenvalue weighted by atomic mass is 16.5. The van der Waals surface area contributed by atoms with Crippen molar-refractivity contribution in [3.63, 3.8) is 0 Å². The van der Waals surface area contributed by atoms with E-state index < -0.39 is 0 Å². The van der Waals surface area contributed by atoms with E-state index in [9.17, 15) is 0 Å². The quantitative estimate of drug-likeness (QED) is 0.645. The maximum absolute atomic E-state index is 5.56. The Labute approximate surface area is 73.9 Å². The lowest BCUT2D eigenvalue weighted by Gasteiger charge is -2.18. The number of rotatable bonds is 3. The van der Waals surface area contributed by atoms with Crippen LogP contribution in [0.25, 0.3) is 0 Å². The minimum atomic E-state index is 0.216. The van der Waals surface area contributed by atoms with Gasteiger partial charge in [0, 0.05) is 0 Å². The second-order valence-electron chi connectivity index (χ2n) is 3.08. The van der Waals surface area contributed by atoms with E-state index in [1.54, 1.807) is 7.11 Å². The summed E-state index contributed by atoms with van der Waals surface area (Å²) in [6.07, 6.45) is 6.47. The van der Waals surface area contributed by atoms with Crippen LogP contribution in [-0.2, 0) is 9.47 Å². The van der Waals surface area contributed by atoms with Gasteiger partial charge in [-0.15, -0.1) is 0 Å². The van der Waals surface area contributed by atoms with Crippen molar-refractivity contribution in [2.24, 2.45) is 0 Å². The van der Waals surface area contributed by atoms with Crippen LogP contribution in [-0.4, -0.2) is 13.2 Å². The van der Waals surface area contributed by atoms with E-state index in [-0.39, 0.29) is 6.10 Å². The maximum atomic E-state index is 5.56. The van der Waals surface area contributed by atoms with Crippen LogP contribution in [0.5, 0.6) is 0 Å². The first kappa shape index (κ1) is 9.17. The Hall–Kier alpha value is -0.920. The zero-order valence-corrected chi connectivity index (χ0v) is 7.96. The van der Waals surface area contributed by atoms with Crippen LogP contribution in [0.3, 0.4) is 0 Å². The summed E-state index contributed by atoms with van der Waals surface area (Å²) >= 11 is 0. The van der Waals surface area contributed by atoms with Gasteiger partial charge >= 0.3 is 0 Å². The molecule has 0 saturated carbocycles. The third kappa shape index (κ3) is 2.29. The molecule has 1 aliphatic carbocycles. The molecule has 0 aromatic carbocycles. The molecule has 0 atom stereocenters. The summed E-state index contributed by atoms with van der Waals surface area (Å²) in [6, 6.07) is 0. The maximum Gasteiger partial charge on any atom is 0.157 e. The lowest BCUT2D eigenvalue weighted by molar-refractivity contribution is 0.124. The fourth-order valence-corrected chi connectivity index (χ4v) is 1.17. The van der Waals surface area contributed by atoms with Crippen LogP contribution in [0.2, 0.25) is 0 Å². The Morgan fingerprint density at radius 2 is 1.75 bits per heavy atom. The molecule has 2 nitrogen and oxygen atoms in total. The number of hydrogen-bond acceptors (Lipinski definition) is 2. The molecule has 0 aliphatic heterocycles. The molecule has 0 fully saturated rings. The van der Waals surface area contributed by atoms with E-state index in [1.807, 2.05) is 13.8 Å². The van der Waals surface area contributed by atoms with Crippen molar-refractivity contribution in [2.75, 3.05) is 7.11 Å². The van der Waals surface area contributed by atoms with Gasteiger partial charge in [0.25, 0.3) is 0 Å². The zero-order valence-electron chi connectivity index (χ0n) is 7.96. The molecule has 0 saturated heterocycles. The topological polar surface area (TPSA) is 18.5 Å². The van der Waals surface area contributed by atoms with Gasteiger partial charge in [-0.05, 0) is 38.8 Å². The first-order chi connectivity index (χ1) is 5.74. The van der Waals surface area contributed by atoms with E-state index in [0.29, 0.717) is 0 Å². The molecule has 12 heavy (non-hydrogen) atoms. The average Bonchev–Trinajstić information content (AvgIpc) is 2.04. The van der Waals surface area contributed by atoms with Crippen molar-refractivity contribution < 1.29 is 9.47 Å². The number of allylic oxidation sites excluding steroid dienone is 2. The second-order valence-corrected chi connectivity index (χ2v) is 3.08. The van der Waals surface area contributed by atoms with Gasteiger partial charge in [0.05, 0.1) is 13.2 Å². The number of methoxy groups -OCH3 is 1. The summed E-state index contributed by atoms with van der Waals surface area (Å²) in [5.41, 5.74) is 0. The van der Waals surface area contributed by atoms with Gasteiger partial charge in [-0.1, -0.05) is 0 Å². The van der Waals surface area contributed by atoms with E-state index in [4.69, 9.17) is 9.47 Å². The SMILES string of the molecule is COC1=CCCC=C1OC(C)C. The standard InChI is InChI=1S/C10H16O2/c1-8(2)12-10-7-5-4-6-9(10)11-3/h6-8H,4-5H2,1-3H3. The van der Waals surface area contributed by atoms with Gasteiger partial charge < -0.3 is 9.47 Å². The first-order valence-corrected chi connectivity index (χ1v) is 4.35. The van der Waals surface area contributed by atoms with Crippen LogP contribution < -0.4 is 0 Å². The highest BCUT2D eigenvalue weighted by Gasteiger charge is 2.11. The summed E-state index contributed by atoms with van der Waals surface area (Å²) in [5.74, 6) is 1.76. The molecule has 0 unspecified atom stereocenters. The molecule has 0 N–H and O–H groups in total. The van der Waals surface area contributed by atoms with Gasteiger partial charge in [0.2, 0.25) is 0 Å². The van der Waals surface area contributed by atoms with Crippen molar-refractivity contribution >= 4 is 0 Å². The molecule has 0 spiro atoms. The highest BCUT2D eigenvalue weighted by molar-refractivity contribution is 5.23. The van der Waals surface area contributed by atoms with Gasteiger partial charge in [-0.2, -0.15) is 0 Å². The Morgan fingerprint density at radius 3 is 2.25 bits per heavy atom.